The minimum atomic E-state index is 0.135. The average Bonchev–Trinajstić information content (AvgIpc) is 3.00. The van der Waals surface area contributed by atoms with Crippen LogP contribution in [0.1, 0.15) is 83.9 Å². The molecule has 0 radical (unpaired) electrons. The van der Waals surface area contributed by atoms with Crippen molar-refractivity contribution in [3.8, 4) is 23.0 Å². The molecule has 0 saturated heterocycles. The number of ether oxygens (including phenoxy) is 6. The van der Waals surface area contributed by atoms with Gasteiger partial charge in [0.2, 0.25) is 0 Å². The van der Waals surface area contributed by atoms with Crippen molar-refractivity contribution in [2.75, 3.05) is 41.5 Å². The van der Waals surface area contributed by atoms with Crippen LogP contribution < -0.4 is 18.9 Å². The van der Waals surface area contributed by atoms with E-state index in [2.05, 4.69) is 65.8 Å². The molecular weight excluding hydrogens is 564 g/mol. The largest absolute Gasteiger partial charge is 0.493 e. The summed E-state index contributed by atoms with van der Waals surface area (Å²) in [7, 11) is 4.89. The molecule has 0 aliphatic heterocycles. The molecule has 6 nitrogen and oxygen atoms in total. The summed E-state index contributed by atoms with van der Waals surface area (Å²) in [4.78, 5) is 0. The van der Waals surface area contributed by atoms with Crippen LogP contribution in [0, 0.1) is 0 Å². The molecule has 0 atom stereocenters. The van der Waals surface area contributed by atoms with Gasteiger partial charge in [-0.3, -0.25) is 0 Å². The molecule has 0 aliphatic rings. The quantitative estimate of drug-likeness (QED) is 0.0836. The number of hydrogen-bond donors (Lipinski definition) is 0. The lowest BCUT2D eigenvalue weighted by Gasteiger charge is -2.17. The minimum Gasteiger partial charge on any atom is -0.493 e. The van der Waals surface area contributed by atoms with E-state index in [1.807, 2.05) is 42.5 Å². The second kappa shape index (κ2) is 21.1. The second-order valence-electron chi connectivity index (χ2n) is 11.6. The van der Waals surface area contributed by atoms with E-state index in [0.29, 0.717) is 36.0 Å². The summed E-state index contributed by atoms with van der Waals surface area (Å²) in [5.74, 6) is 2.82. The molecule has 45 heavy (non-hydrogen) atoms. The molecule has 0 amide bonds. The van der Waals surface area contributed by atoms with Gasteiger partial charge in [-0.15, -0.1) is 0 Å². The summed E-state index contributed by atoms with van der Waals surface area (Å²) in [5.41, 5.74) is 8.16. The van der Waals surface area contributed by atoms with Gasteiger partial charge in [0.05, 0.1) is 7.11 Å². The van der Waals surface area contributed by atoms with E-state index >= 15 is 0 Å². The van der Waals surface area contributed by atoms with Gasteiger partial charge in [0, 0.05) is 19.8 Å². The van der Waals surface area contributed by atoms with Crippen LogP contribution in [-0.2, 0) is 15.9 Å². The molecule has 0 unspecified atom stereocenters. The summed E-state index contributed by atoms with van der Waals surface area (Å²) >= 11 is 0. The van der Waals surface area contributed by atoms with Crippen molar-refractivity contribution in [2.24, 2.45) is 0 Å². The molecule has 0 saturated carbocycles. The van der Waals surface area contributed by atoms with E-state index in [1.54, 1.807) is 21.3 Å². The Labute approximate surface area is 272 Å². The van der Waals surface area contributed by atoms with Gasteiger partial charge in [-0.2, -0.15) is 0 Å². The SMILES string of the molecule is COCOc1cc(/C=C/c2ccc(OC/C=C(\C)CCC=C(C)C)c(OC)c2)cc(OCOC)c1C/C=C(\C)CCC=C(C)C. The average molecular weight is 619 g/mol. The fourth-order valence-electron chi connectivity index (χ4n) is 4.47. The van der Waals surface area contributed by atoms with Crippen molar-refractivity contribution in [1.29, 1.82) is 0 Å². The van der Waals surface area contributed by atoms with Gasteiger partial charge in [-0.25, -0.2) is 0 Å². The fourth-order valence-corrected chi connectivity index (χ4v) is 4.47. The Morgan fingerprint density at radius 3 is 1.64 bits per heavy atom. The highest BCUT2D eigenvalue weighted by atomic mass is 16.7. The first-order chi connectivity index (χ1) is 21.7. The third kappa shape index (κ3) is 14.7. The lowest BCUT2D eigenvalue weighted by molar-refractivity contribution is 0.0448. The summed E-state index contributed by atoms with van der Waals surface area (Å²) in [5, 5.41) is 0. The molecule has 0 N–H and O–H groups in total. The van der Waals surface area contributed by atoms with Gasteiger partial charge in [-0.05, 0) is 115 Å². The standard InChI is InChI=1S/C39H54O6/c1-29(2)12-10-14-31(5)16-20-35-37(44-27-40-7)25-34(26-38(35)45-28-41-8)18-17-33-19-21-36(39(24-33)42-9)43-23-22-32(6)15-11-13-30(3)4/h12-13,16-19,21-22,24-26H,10-11,14-15,20,23,27-28H2,1-9H3/b18-17+,31-16+,32-22+. The van der Waals surface area contributed by atoms with Crippen LogP contribution in [0.5, 0.6) is 23.0 Å². The lowest BCUT2D eigenvalue weighted by Crippen LogP contribution is -2.06. The van der Waals surface area contributed by atoms with Crippen LogP contribution in [0.2, 0.25) is 0 Å². The van der Waals surface area contributed by atoms with Gasteiger partial charge in [0.25, 0.3) is 0 Å². The highest BCUT2D eigenvalue weighted by molar-refractivity contribution is 5.73. The van der Waals surface area contributed by atoms with Crippen LogP contribution in [-0.4, -0.2) is 41.5 Å². The van der Waals surface area contributed by atoms with Crippen molar-refractivity contribution in [1.82, 2.24) is 0 Å². The van der Waals surface area contributed by atoms with Gasteiger partial charge < -0.3 is 28.4 Å². The van der Waals surface area contributed by atoms with Crippen LogP contribution in [0.15, 0.2) is 76.9 Å². The lowest BCUT2D eigenvalue weighted by atomic mass is 10.0. The number of methoxy groups -OCH3 is 3. The molecule has 2 aromatic carbocycles. The van der Waals surface area contributed by atoms with E-state index in [-0.39, 0.29) is 13.6 Å². The monoisotopic (exact) mass is 618 g/mol. The van der Waals surface area contributed by atoms with Crippen molar-refractivity contribution in [3.63, 3.8) is 0 Å². The highest BCUT2D eigenvalue weighted by Crippen LogP contribution is 2.34. The van der Waals surface area contributed by atoms with Gasteiger partial charge in [0.1, 0.15) is 18.1 Å². The van der Waals surface area contributed by atoms with Gasteiger partial charge in [0.15, 0.2) is 25.1 Å². The Morgan fingerprint density at radius 1 is 0.578 bits per heavy atom. The van der Waals surface area contributed by atoms with Crippen LogP contribution in [0.25, 0.3) is 12.2 Å². The number of allylic oxidation sites excluding steroid dienone is 7. The predicted octanol–water partition coefficient (Wildman–Crippen LogP) is 10.1. The Kier molecular flexibility index (Phi) is 17.5. The van der Waals surface area contributed by atoms with Crippen molar-refractivity contribution < 1.29 is 28.4 Å². The number of hydrogen-bond acceptors (Lipinski definition) is 6. The number of benzene rings is 2. The first-order valence-electron chi connectivity index (χ1n) is 15.6. The zero-order valence-corrected chi connectivity index (χ0v) is 29.0. The molecule has 0 fully saturated rings. The minimum absolute atomic E-state index is 0.135. The molecule has 6 heteroatoms. The third-order valence-corrected chi connectivity index (χ3v) is 7.02. The zero-order valence-electron chi connectivity index (χ0n) is 29.0. The molecule has 0 heterocycles. The summed E-state index contributed by atoms with van der Waals surface area (Å²) < 4.78 is 34.2. The van der Waals surface area contributed by atoms with Crippen molar-refractivity contribution >= 4 is 12.2 Å². The molecular formula is C39H54O6. The smallest absolute Gasteiger partial charge is 0.188 e. The molecule has 0 spiro atoms. The Balaban J connectivity index is 2.27. The van der Waals surface area contributed by atoms with E-state index in [1.165, 1.54) is 22.3 Å². The first kappa shape index (κ1) is 37.4. The van der Waals surface area contributed by atoms with Crippen LogP contribution in [0.4, 0.5) is 0 Å². The maximum absolute atomic E-state index is 6.03. The summed E-state index contributed by atoms with van der Waals surface area (Å²) in [6.07, 6.45) is 17.7. The van der Waals surface area contributed by atoms with Crippen molar-refractivity contribution in [2.45, 2.75) is 73.6 Å². The van der Waals surface area contributed by atoms with Crippen LogP contribution >= 0.6 is 0 Å². The summed E-state index contributed by atoms with van der Waals surface area (Å²) in [6, 6.07) is 9.96. The van der Waals surface area contributed by atoms with Crippen LogP contribution in [0.3, 0.4) is 0 Å². The fraction of sp³-hybridized carbons (Fsp3) is 0.436. The zero-order chi connectivity index (χ0) is 33.0. The Morgan fingerprint density at radius 2 is 1.11 bits per heavy atom. The normalized spacial score (nSPS) is 11.8. The molecule has 0 aromatic heterocycles. The van der Waals surface area contributed by atoms with Gasteiger partial charge in [-0.1, -0.05) is 58.7 Å². The topological polar surface area (TPSA) is 55.4 Å². The number of rotatable bonds is 20. The Bertz CT molecular complexity index is 1310. The van der Waals surface area contributed by atoms with E-state index < -0.39 is 0 Å². The van der Waals surface area contributed by atoms with Crippen molar-refractivity contribution in [3.05, 3.63) is 93.6 Å². The van der Waals surface area contributed by atoms with E-state index in [0.717, 1.165) is 42.4 Å². The third-order valence-electron chi connectivity index (χ3n) is 7.02. The van der Waals surface area contributed by atoms with Gasteiger partial charge >= 0.3 is 0 Å². The first-order valence-corrected chi connectivity index (χ1v) is 15.6. The van der Waals surface area contributed by atoms with E-state index in [9.17, 15) is 0 Å². The van der Waals surface area contributed by atoms with E-state index in [4.69, 9.17) is 28.4 Å². The Hall–Kier alpha value is -3.74. The molecule has 2 rings (SSSR count). The molecule has 0 aliphatic carbocycles. The maximum atomic E-state index is 6.03. The molecule has 0 bridgehead atoms. The molecule has 246 valence electrons. The summed E-state index contributed by atoms with van der Waals surface area (Å²) in [6.45, 7) is 13.6. The predicted molar refractivity (Wildman–Crippen MR) is 187 cm³/mol. The highest BCUT2D eigenvalue weighted by Gasteiger charge is 2.13. The second-order valence-corrected chi connectivity index (χ2v) is 11.6. The maximum Gasteiger partial charge on any atom is 0.188 e. The molecule has 2 aromatic rings.